The highest BCUT2D eigenvalue weighted by Gasteiger charge is 2.07. The molecule has 1 aromatic heterocycles. The van der Waals surface area contributed by atoms with Gasteiger partial charge in [-0.25, -0.2) is 4.98 Å². The third-order valence-corrected chi connectivity index (χ3v) is 3.73. The fourth-order valence-corrected chi connectivity index (χ4v) is 2.63. The number of aliphatic carboxylic acids is 1. The van der Waals surface area contributed by atoms with Crippen LogP contribution in [0.1, 0.15) is 18.1 Å². The molecule has 1 N–H and O–H groups in total. The van der Waals surface area contributed by atoms with Crippen LogP contribution < -0.4 is 0 Å². The number of aromatic nitrogens is 1. The van der Waals surface area contributed by atoms with E-state index in [1.807, 2.05) is 19.1 Å². The fourth-order valence-electron chi connectivity index (χ4n) is 1.94. The van der Waals surface area contributed by atoms with Crippen molar-refractivity contribution in [2.24, 2.45) is 0 Å². The predicted octanol–water partition coefficient (Wildman–Crippen LogP) is 3.28. The molecule has 0 unspecified atom stereocenters. The van der Waals surface area contributed by atoms with Gasteiger partial charge in [0.1, 0.15) is 0 Å². The van der Waals surface area contributed by atoms with E-state index in [0.717, 1.165) is 27.9 Å². The lowest BCUT2D eigenvalue weighted by atomic mass is 10.0. The Morgan fingerprint density at radius 3 is 2.89 bits per heavy atom. The van der Waals surface area contributed by atoms with Crippen LogP contribution in [0.3, 0.4) is 0 Å². The largest absolute Gasteiger partial charge is 0.481 e. The first kappa shape index (κ1) is 12.9. The van der Waals surface area contributed by atoms with Gasteiger partial charge >= 0.3 is 5.97 Å². The molecule has 0 fully saturated rings. The zero-order chi connectivity index (χ0) is 13.1. The van der Waals surface area contributed by atoms with Gasteiger partial charge in [0.05, 0.1) is 16.3 Å². The number of hydrogen-bond donors (Lipinski definition) is 1. The second kappa shape index (κ2) is 5.40. The minimum atomic E-state index is -0.816. The molecule has 18 heavy (non-hydrogen) atoms. The Labute approximate surface area is 110 Å². The van der Waals surface area contributed by atoms with E-state index < -0.39 is 5.97 Å². The van der Waals surface area contributed by atoms with Crippen LogP contribution in [-0.4, -0.2) is 21.8 Å². The van der Waals surface area contributed by atoms with Crippen LogP contribution in [0.2, 0.25) is 0 Å². The average molecular weight is 261 g/mol. The van der Waals surface area contributed by atoms with Gasteiger partial charge in [0.15, 0.2) is 0 Å². The Hall–Kier alpha value is -1.55. The predicted molar refractivity (Wildman–Crippen MR) is 74.2 cm³/mol. The zero-order valence-corrected chi connectivity index (χ0v) is 11.3. The molecule has 0 spiro atoms. The van der Waals surface area contributed by atoms with Crippen LogP contribution in [0.5, 0.6) is 0 Å². The summed E-state index contributed by atoms with van der Waals surface area (Å²) in [5, 5.41) is 10.6. The molecule has 94 valence electrons. The number of nitrogens with zero attached hydrogens (tertiary/aromatic N) is 1. The molecule has 0 amide bonds. The van der Waals surface area contributed by atoms with Gasteiger partial charge in [-0.1, -0.05) is 36.9 Å². The number of fused-ring (bicyclic) bond motifs is 1. The Bertz CT molecular complexity index is 596. The molecule has 0 aliphatic carbocycles. The van der Waals surface area contributed by atoms with Crippen molar-refractivity contribution in [3.63, 3.8) is 0 Å². The lowest BCUT2D eigenvalue weighted by molar-refractivity contribution is -0.133. The fraction of sp³-hybridized carbons (Fsp3) is 0.286. The molecule has 4 heteroatoms. The summed E-state index contributed by atoms with van der Waals surface area (Å²) in [5.41, 5.74) is 3.34. The number of para-hydroxylation sites is 1. The van der Waals surface area contributed by atoms with Crippen LogP contribution >= 0.6 is 11.8 Å². The smallest absolute Gasteiger partial charge is 0.313 e. The molecule has 3 nitrogen and oxygen atoms in total. The van der Waals surface area contributed by atoms with E-state index in [9.17, 15) is 4.79 Å². The van der Waals surface area contributed by atoms with E-state index in [0.29, 0.717) is 0 Å². The van der Waals surface area contributed by atoms with Gasteiger partial charge in [-0.3, -0.25) is 4.79 Å². The van der Waals surface area contributed by atoms with E-state index in [1.54, 1.807) is 0 Å². The van der Waals surface area contributed by atoms with Gasteiger partial charge in [0.2, 0.25) is 0 Å². The second-order valence-electron chi connectivity index (χ2n) is 4.13. The van der Waals surface area contributed by atoms with Crippen LogP contribution in [0.4, 0.5) is 0 Å². The first-order valence-corrected chi connectivity index (χ1v) is 6.84. The summed E-state index contributed by atoms with van der Waals surface area (Å²) in [6.45, 7) is 4.14. The van der Waals surface area contributed by atoms with E-state index >= 15 is 0 Å². The summed E-state index contributed by atoms with van der Waals surface area (Å²) in [6.07, 6.45) is 0.927. The zero-order valence-electron chi connectivity index (χ0n) is 10.4. The van der Waals surface area contributed by atoms with Gasteiger partial charge in [-0.15, -0.1) is 0 Å². The molecule has 1 heterocycles. The normalized spacial score (nSPS) is 10.8. The van der Waals surface area contributed by atoms with Gasteiger partial charge in [0.25, 0.3) is 0 Å². The average Bonchev–Trinajstić information content (AvgIpc) is 2.36. The Morgan fingerprint density at radius 1 is 1.44 bits per heavy atom. The monoisotopic (exact) mass is 261 g/mol. The molecule has 0 saturated heterocycles. The third kappa shape index (κ3) is 2.64. The summed E-state index contributed by atoms with van der Waals surface area (Å²) in [6, 6.07) is 8.12. The van der Waals surface area contributed by atoms with Gasteiger partial charge in [-0.2, -0.15) is 0 Å². The van der Waals surface area contributed by atoms with E-state index in [1.165, 1.54) is 17.3 Å². The molecule has 0 radical (unpaired) electrons. The number of rotatable bonds is 4. The molecule has 1 aromatic carbocycles. The van der Waals surface area contributed by atoms with Crippen LogP contribution in [-0.2, 0) is 11.2 Å². The van der Waals surface area contributed by atoms with Crippen molar-refractivity contribution in [3.8, 4) is 0 Å². The first-order valence-electron chi connectivity index (χ1n) is 5.85. The Kier molecular flexibility index (Phi) is 3.87. The summed E-state index contributed by atoms with van der Waals surface area (Å²) in [4.78, 5) is 15.2. The minimum absolute atomic E-state index is 0.0479. The number of carbonyl (C=O) groups is 1. The maximum atomic E-state index is 10.6. The van der Waals surface area contributed by atoms with E-state index in [2.05, 4.69) is 24.0 Å². The molecule has 0 aliphatic heterocycles. The highest BCUT2D eigenvalue weighted by molar-refractivity contribution is 7.99. The molecule has 0 atom stereocenters. The maximum absolute atomic E-state index is 10.6. The first-order chi connectivity index (χ1) is 8.61. The Morgan fingerprint density at radius 2 is 2.22 bits per heavy atom. The number of pyridine rings is 1. The summed E-state index contributed by atoms with van der Waals surface area (Å²) in [7, 11) is 0. The number of carboxylic acids is 1. The lowest BCUT2D eigenvalue weighted by Gasteiger charge is -2.08. The van der Waals surface area contributed by atoms with Crippen molar-refractivity contribution in [2.45, 2.75) is 25.3 Å². The topological polar surface area (TPSA) is 50.2 Å². The van der Waals surface area contributed by atoms with Crippen molar-refractivity contribution in [2.75, 3.05) is 5.75 Å². The summed E-state index contributed by atoms with van der Waals surface area (Å²) < 4.78 is 0. The van der Waals surface area contributed by atoms with E-state index in [4.69, 9.17) is 5.11 Å². The highest BCUT2D eigenvalue weighted by atomic mass is 32.2. The number of hydrogen-bond acceptors (Lipinski definition) is 3. The van der Waals surface area contributed by atoms with Crippen molar-refractivity contribution in [1.29, 1.82) is 0 Å². The lowest BCUT2D eigenvalue weighted by Crippen LogP contribution is -1.99. The van der Waals surface area contributed by atoms with Crippen LogP contribution in [0.25, 0.3) is 10.9 Å². The molecule has 0 bridgehead atoms. The van der Waals surface area contributed by atoms with Gasteiger partial charge in [0, 0.05) is 5.39 Å². The van der Waals surface area contributed by atoms with Gasteiger partial charge in [-0.05, 0) is 30.5 Å². The molecule has 2 aromatic rings. The number of benzene rings is 1. The molecular formula is C14H15NO2S. The highest BCUT2D eigenvalue weighted by Crippen LogP contribution is 2.26. The quantitative estimate of drug-likeness (QED) is 0.858. The number of thioether (sulfide) groups is 1. The number of carboxylic acid groups (broad SMARTS) is 1. The standard InChI is InChI=1S/C14H15NO2S/c1-3-10-5-4-6-11-9(2)7-12(15-14(10)11)18-8-13(16)17/h4-7H,3,8H2,1-2H3,(H,16,17). The maximum Gasteiger partial charge on any atom is 0.313 e. The van der Waals surface area contributed by atoms with E-state index in [-0.39, 0.29) is 5.75 Å². The SMILES string of the molecule is CCc1cccc2c(C)cc(SCC(=O)O)nc12. The summed E-state index contributed by atoms with van der Waals surface area (Å²) >= 11 is 1.27. The van der Waals surface area contributed by atoms with Crippen molar-refractivity contribution < 1.29 is 9.90 Å². The number of aryl methyl sites for hydroxylation is 2. The molecule has 0 aliphatic rings. The molecule has 0 saturated carbocycles. The van der Waals surface area contributed by atoms with Crippen LogP contribution in [0, 0.1) is 6.92 Å². The van der Waals surface area contributed by atoms with Crippen molar-refractivity contribution in [1.82, 2.24) is 4.98 Å². The minimum Gasteiger partial charge on any atom is -0.481 e. The third-order valence-electron chi connectivity index (χ3n) is 2.83. The summed E-state index contributed by atoms with van der Waals surface area (Å²) in [5.74, 6) is -0.769. The van der Waals surface area contributed by atoms with Crippen molar-refractivity contribution >= 4 is 28.6 Å². The van der Waals surface area contributed by atoms with Gasteiger partial charge < -0.3 is 5.11 Å². The molecular weight excluding hydrogens is 246 g/mol. The van der Waals surface area contributed by atoms with Crippen LogP contribution in [0.15, 0.2) is 29.3 Å². The van der Waals surface area contributed by atoms with Crippen molar-refractivity contribution in [3.05, 3.63) is 35.4 Å². The molecule has 2 rings (SSSR count). The Balaban J connectivity index is 2.49. The second-order valence-corrected chi connectivity index (χ2v) is 5.12.